The van der Waals surface area contributed by atoms with Crippen LogP contribution in [0.4, 0.5) is 0 Å². The van der Waals surface area contributed by atoms with Crippen molar-refractivity contribution in [3.8, 4) is 0 Å². The third-order valence-corrected chi connectivity index (χ3v) is 8.13. The van der Waals surface area contributed by atoms with Crippen LogP contribution in [0.5, 0.6) is 0 Å². The highest BCUT2D eigenvalue weighted by Gasteiger charge is 2.40. The fourth-order valence-electron chi connectivity index (χ4n) is 6.37. The molecule has 6 heteroatoms. The molecule has 2 fully saturated rings. The lowest BCUT2D eigenvalue weighted by atomic mass is 9.90. The second-order valence-electron chi connectivity index (χ2n) is 10.5. The summed E-state index contributed by atoms with van der Waals surface area (Å²) in [6, 6.07) is 16.0. The van der Waals surface area contributed by atoms with E-state index in [1.54, 1.807) is 0 Å². The van der Waals surface area contributed by atoms with Gasteiger partial charge in [-0.05, 0) is 73.4 Å². The van der Waals surface area contributed by atoms with E-state index in [4.69, 9.17) is 15.5 Å². The van der Waals surface area contributed by atoms with Gasteiger partial charge in [-0.3, -0.25) is 4.79 Å². The Morgan fingerprint density at radius 1 is 1.26 bits per heavy atom. The number of hydrogen-bond donors (Lipinski definition) is 1. The Bertz CT molecular complexity index is 1230. The van der Waals surface area contributed by atoms with Gasteiger partial charge in [0.1, 0.15) is 5.82 Å². The van der Waals surface area contributed by atoms with E-state index in [0.29, 0.717) is 5.92 Å². The van der Waals surface area contributed by atoms with Gasteiger partial charge in [-0.1, -0.05) is 24.3 Å². The molecule has 1 radical (unpaired) electrons. The lowest BCUT2D eigenvalue weighted by Crippen LogP contribution is -2.48. The summed E-state index contributed by atoms with van der Waals surface area (Å²) in [5.74, 6) is 1.58. The maximum Gasteiger partial charge on any atom is 0.225 e. The number of aromatic nitrogens is 2. The molecule has 1 unspecified atom stereocenters. The lowest BCUT2D eigenvalue weighted by molar-refractivity contribution is -0.120. The molecule has 2 aliphatic carbocycles. The maximum atomic E-state index is 12.4. The molecule has 0 spiro atoms. The number of carbonyl (C=O) groups is 1. The third-order valence-electron chi connectivity index (χ3n) is 8.13. The average Bonchev–Trinajstić information content (AvgIpc) is 3.51. The van der Waals surface area contributed by atoms with Crippen LogP contribution in [-0.2, 0) is 16.0 Å². The first kappa shape index (κ1) is 21.8. The number of hydrogen-bond acceptors (Lipinski definition) is 4. The van der Waals surface area contributed by atoms with E-state index in [1.807, 2.05) is 25.3 Å². The number of carbonyl (C=O) groups excluding carboxylic acids is 1. The summed E-state index contributed by atoms with van der Waals surface area (Å²) < 4.78 is 8.59. The number of amides is 1. The van der Waals surface area contributed by atoms with E-state index in [-0.39, 0.29) is 29.9 Å². The summed E-state index contributed by atoms with van der Waals surface area (Å²) >= 11 is 0. The first-order valence-corrected chi connectivity index (χ1v) is 12.5. The van der Waals surface area contributed by atoms with Gasteiger partial charge >= 0.3 is 0 Å². The Hall–Kier alpha value is -2.70. The number of benzene rings is 2. The molecule has 3 aromatic rings. The molecule has 2 heterocycles. The van der Waals surface area contributed by atoms with Crippen molar-refractivity contribution in [2.24, 2.45) is 11.7 Å². The number of fused-ring (bicyclic) bond motifs is 2. The Balaban J connectivity index is 1.24. The van der Waals surface area contributed by atoms with Crippen LogP contribution in [0.1, 0.15) is 59.7 Å². The van der Waals surface area contributed by atoms with Crippen molar-refractivity contribution in [3.63, 3.8) is 0 Å². The van der Waals surface area contributed by atoms with E-state index >= 15 is 0 Å². The first-order chi connectivity index (χ1) is 16.5. The van der Waals surface area contributed by atoms with Crippen LogP contribution in [0, 0.1) is 18.9 Å². The van der Waals surface area contributed by atoms with Gasteiger partial charge in [0.25, 0.3) is 0 Å². The predicted octanol–water partition coefficient (Wildman–Crippen LogP) is 3.73. The Morgan fingerprint density at radius 3 is 2.88 bits per heavy atom. The largest absolute Gasteiger partial charge is 0.378 e. The minimum Gasteiger partial charge on any atom is -0.378 e. The predicted molar refractivity (Wildman–Crippen MR) is 132 cm³/mol. The van der Waals surface area contributed by atoms with Gasteiger partial charge in [0.05, 0.1) is 29.1 Å². The van der Waals surface area contributed by atoms with Gasteiger partial charge in [-0.2, -0.15) is 0 Å². The van der Waals surface area contributed by atoms with Crippen molar-refractivity contribution < 1.29 is 9.53 Å². The van der Waals surface area contributed by atoms with Gasteiger partial charge in [-0.15, -0.1) is 0 Å². The van der Waals surface area contributed by atoms with E-state index in [1.165, 1.54) is 35.3 Å². The quantitative estimate of drug-likeness (QED) is 0.612. The first-order valence-electron chi connectivity index (χ1n) is 12.5. The standard InChI is InChI=1S/C28H33N4O2/c1-17-7-10-23-22(13-17)30-28(18-8-9-18)32(23)24-11-12-31(16-25(24)34-2)15-20-14-19-5-3-4-6-21(19)26(20)27(29)33/h4-7,10,13,18,20,24-26H,8-9,11-12,14-16H2,1-2H3,(H2,29,33)/t20?,24-,25-,26+/m0/s1. The van der Waals surface area contributed by atoms with Gasteiger partial charge in [0.15, 0.2) is 0 Å². The van der Waals surface area contributed by atoms with Crippen LogP contribution >= 0.6 is 0 Å². The van der Waals surface area contributed by atoms with Crippen LogP contribution in [0.25, 0.3) is 11.0 Å². The number of piperidine rings is 1. The molecule has 2 aromatic carbocycles. The van der Waals surface area contributed by atoms with Crippen molar-refractivity contribution in [1.29, 1.82) is 0 Å². The molecule has 1 saturated carbocycles. The highest BCUT2D eigenvalue weighted by atomic mass is 16.5. The van der Waals surface area contributed by atoms with E-state index in [0.717, 1.165) is 43.6 Å². The van der Waals surface area contributed by atoms with Gasteiger partial charge < -0.3 is 19.9 Å². The van der Waals surface area contributed by atoms with Gasteiger partial charge in [0.2, 0.25) is 5.91 Å². The SMILES string of the molecule is CO[C@H]1CN(CC2Cc3c[c]ccc3[C@@H]2C(N)=O)CC[C@@H]1n1c(C2CC2)nc2cc(C)ccc21. The van der Waals surface area contributed by atoms with Crippen LogP contribution in [0.15, 0.2) is 36.4 Å². The summed E-state index contributed by atoms with van der Waals surface area (Å²) in [5.41, 5.74) is 11.7. The molecule has 1 saturated heterocycles. The van der Waals surface area contributed by atoms with E-state index in [9.17, 15) is 4.79 Å². The molecule has 3 aliphatic rings. The molecule has 34 heavy (non-hydrogen) atoms. The van der Waals surface area contributed by atoms with Crippen LogP contribution in [0.3, 0.4) is 0 Å². The lowest BCUT2D eigenvalue weighted by Gasteiger charge is -2.40. The van der Waals surface area contributed by atoms with E-state index < -0.39 is 0 Å². The molecular weight excluding hydrogens is 424 g/mol. The summed E-state index contributed by atoms with van der Waals surface area (Å²) in [6.45, 7) is 4.81. The minimum atomic E-state index is -0.220. The smallest absolute Gasteiger partial charge is 0.225 e. The number of methoxy groups -OCH3 is 1. The Kier molecular flexibility index (Phi) is 5.46. The molecule has 2 N–H and O–H groups in total. The summed E-state index contributed by atoms with van der Waals surface area (Å²) in [6.07, 6.45) is 4.43. The van der Waals surface area contributed by atoms with Crippen molar-refractivity contribution in [3.05, 3.63) is 65.0 Å². The molecule has 1 aromatic heterocycles. The summed E-state index contributed by atoms with van der Waals surface area (Å²) in [7, 11) is 1.83. The number of rotatable bonds is 6. The summed E-state index contributed by atoms with van der Waals surface area (Å²) in [5, 5.41) is 0. The molecule has 0 bridgehead atoms. The van der Waals surface area contributed by atoms with Gasteiger partial charge in [0, 0.05) is 32.7 Å². The molecule has 1 amide bonds. The molecular formula is C28H33N4O2. The molecule has 6 nitrogen and oxygen atoms in total. The zero-order chi connectivity index (χ0) is 23.4. The molecule has 177 valence electrons. The highest BCUT2D eigenvalue weighted by Crippen LogP contribution is 2.44. The molecule has 1 aliphatic heterocycles. The van der Waals surface area contributed by atoms with Crippen molar-refractivity contribution in [1.82, 2.24) is 14.5 Å². The Morgan fingerprint density at radius 2 is 2.12 bits per heavy atom. The number of likely N-dealkylation sites (tertiary alicyclic amines) is 1. The number of nitrogens with zero attached hydrogens (tertiary/aromatic N) is 3. The highest BCUT2D eigenvalue weighted by molar-refractivity contribution is 5.84. The fourth-order valence-corrected chi connectivity index (χ4v) is 6.37. The zero-order valence-electron chi connectivity index (χ0n) is 20.0. The number of ether oxygens (including phenoxy) is 1. The zero-order valence-corrected chi connectivity index (χ0v) is 20.0. The van der Waals surface area contributed by atoms with Crippen LogP contribution in [0.2, 0.25) is 0 Å². The third kappa shape index (κ3) is 3.73. The monoisotopic (exact) mass is 457 g/mol. The number of nitrogens with two attached hydrogens (primary N) is 1. The minimum absolute atomic E-state index is 0.0779. The second kappa shape index (κ2) is 8.51. The number of imidazole rings is 1. The van der Waals surface area contributed by atoms with Gasteiger partial charge in [-0.25, -0.2) is 4.98 Å². The van der Waals surface area contributed by atoms with Crippen molar-refractivity contribution in [2.45, 2.75) is 56.6 Å². The molecule has 4 atom stereocenters. The summed E-state index contributed by atoms with van der Waals surface area (Å²) in [4.78, 5) is 19.9. The van der Waals surface area contributed by atoms with Crippen molar-refractivity contribution >= 4 is 16.9 Å². The van der Waals surface area contributed by atoms with Crippen molar-refractivity contribution in [2.75, 3.05) is 26.7 Å². The maximum absolute atomic E-state index is 12.4. The average molecular weight is 458 g/mol. The number of aryl methyl sites for hydroxylation is 1. The Labute approximate surface area is 201 Å². The topological polar surface area (TPSA) is 73.4 Å². The van der Waals surface area contributed by atoms with Crippen LogP contribution < -0.4 is 5.73 Å². The second-order valence-corrected chi connectivity index (χ2v) is 10.5. The normalized spacial score (nSPS) is 27.2. The van der Waals surface area contributed by atoms with E-state index in [2.05, 4.69) is 40.7 Å². The number of primary amides is 1. The fraction of sp³-hybridized carbons (Fsp3) is 0.500. The van der Waals surface area contributed by atoms with Crippen LogP contribution in [-0.4, -0.2) is 53.2 Å². The molecule has 6 rings (SSSR count).